The van der Waals surface area contributed by atoms with Gasteiger partial charge in [-0.05, 0) is 32.6 Å². The lowest BCUT2D eigenvalue weighted by Crippen LogP contribution is -2.52. The van der Waals surface area contributed by atoms with Crippen LogP contribution < -0.4 is 0 Å². The fraction of sp³-hybridized carbons (Fsp3) is 0.833. The van der Waals surface area contributed by atoms with Gasteiger partial charge < -0.3 is 0 Å². The van der Waals surface area contributed by atoms with E-state index < -0.39 is 0 Å². The van der Waals surface area contributed by atoms with E-state index >= 15 is 0 Å². The number of rotatable bonds is 3. The molecular formula is C12H20N2O2. The summed E-state index contributed by atoms with van der Waals surface area (Å²) in [5.41, 5.74) is -0.0647. The second-order valence-corrected chi connectivity index (χ2v) is 5.34. The van der Waals surface area contributed by atoms with Crippen molar-refractivity contribution in [3.63, 3.8) is 0 Å². The molecule has 2 fully saturated rings. The predicted octanol–water partition coefficient (Wildman–Crippen LogP) is 1.21. The molecule has 16 heavy (non-hydrogen) atoms. The molecule has 0 radical (unpaired) electrons. The molecule has 1 aliphatic carbocycles. The van der Waals surface area contributed by atoms with E-state index in [1.54, 1.807) is 5.01 Å². The maximum atomic E-state index is 11.9. The molecule has 4 heteroatoms. The lowest BCUT2D eigenvalue weighted by atomic mass is 9.70. The monoisotopic (exact) mass is 224 g/mol. The predicted molar refractivity (Wildman–Crippen MR) is 60.5 cm³/mol. The molecular weight excluding hydrogens is 204 g/mol. The first kappa shape index (κ1) is 11.6. The number of hydrogen-bond acceptors (Lipinski definition) is 3. The number of nitrogens with zero attached hydrogens (tertiary/aromatic N) is 2. The highest BCUT2D eigenvalue weighted by Crippen LogP contribution is 2.44. The summed E-state index contributed by atoms with van der Waals surface area (Å²) in [5, 5.41) is 3.61. The fourth-order valence-corrected chi connectivity index (χ4v) is 2.80. The normalized spacial score (nSPS) is 31.9. The molecule has 1 saturated heterocycles. The van der Waals surface area contributed by atoms with Crippen LogP contribution in [0, 0.1) is 5.92 Å². The molecule has 0 aromatic carbocycles. The Bertz CT molecular complexity index is 325. The molecule has 2 rings (SSSR count). The average molecular weight is 224 g/mol. The molecule has 1 amide bonds. The molecule has 1 aliphatic heterocycles. The van der Waals surface area contributed by atoms with Crippen LogP contribution in [0.5, 0.6) is 0 Å². The quantitative estimate of drug-likeness (QED) is 0.723. The summed E-state index contributed by atoms with van der Waals surface area (Å²) >= 11 is 0. The van der Waals surface area contributed by atoms with Crippen LogP contribution >= 0.6 is 0 Å². The number of carbonyl (C=O) groups is 2. The van der Waals surface area contributed by atoms with Gasteiger partial charge in [0.2, 0.25) is 5.91 Å². The van der Waals surface area contributed by atoms with Crippen LogP contribution in [-0.2, 0) is 9.59 Å². The zero-order valence-electron chi connectivity index (χ0n) is 10.3. The Labute approximate surface area is 96.6 Å². The molecule has 4 nitrogen and oxygen atoms in total. The summed E-state index contributed by atoms with van der Waals surface area (Å²) < 4.78 is 0. The average Bonchev–Trinajstić information content (AvgIpc) is 2.26. The minimum absolute atomic E-state index is 0.0399. The van der Waals surface area contributed by atoms with Gasteiger partial charge in [-0.3, -0.25) is 14.6 Å². The van der Waals surface area contributed by atoms with Crippen molar-refractivity contribution in [2.24, 2.45) is 5.92 Å². The van der Waals surface area contributed by atoms with Gasteiger partial charge in [0.25, 0.3) is 0 Å². The van der Waals surface area contributed by atoms with Crippen molar-refractivity contribution in [3.8, 4) is 0 Å². The van der Waals surface area contributed by atoms with Gasteiger partial charge in [0.15, 0.2) is 5.78 Å². The van der Waals surface area contributed by atoms with E-state index in [1.165, 1.54) is 26.2 Å². The van der Waals surface area contributed by atoms with E-state index in [-0.39, 0.29) is 23.8 Å². The maximum absolute atomic E-state index is 11.9. The topological polar surface area (TPSA) is 40.6 Å². The molecule has 0 spiro atoms. The highest BCUT2D eigenvalue weighted by Gasteiger charge is 2.50. The molecule has 0 bridgehead atoms. The summed E-state index contributed by atoms with van der Waals surface area (Å²) in [7, 11) is 1.94. The van der Waals surface area contributed by atoms with Crippen molar-refractivity contribution in [2.45, 2.75) is 45.1 Å². The largest absolute Gasteiger partial charge is 0.298 e. The molecule has 0 aromatic rings. The van der Waals surface area contributed by atoms with Gasteiger partial charge in [-0.1, -0.05) is 6.42 Å². The van der Waals surface area contributed by atoms with Gasteiger partial charge >= 0.3 is 0 Å². The van der Waals surface area contributed by atoms with Crippen molar-refractivity contribution in [3.05, 3.63) is 0 Å². The third kappa shape index (κ3) is 1.65. The molecule has 1 heterocycles. The molecule has 0 aromatic heterocycles. The van der Waals surface area contributed by atoms with Gasteiger partial charge in [-0.2, -0.15) is 0 Å². The van der Waals surface area contributed by atoms with Crippen LogP contribution in [0.2, 0.25) is 0 Å². The number of Topliss-reactive ketones (excluding diaryl/α,β-unsaturated/α-hetero) is 1. The second-order valence-electron chi connectivity index (χ2n) is 5.34. The third-order valence-electron chi connectivity index (χ3n) is 4.26. The Morgan fingerprint density at radius 1 is 1.50 bits per heavy atom. The van der Waals surface area contributed by atoms with Crippen LogP contribution in [0.15, 0.2) is 0 Å². The van der Waals surface area contributed by atoms with Crippen LogP contribution in [0.4, 0.5) is 0 Å². The first-order valence-corrected chi connectivity index (χ1v) is 5.98. The number of carbonyl (C=O) groups excluding carboxylic acids is 2. The number of ketones is 1. The number of hydrogen-bond donors (Lipinski definition) is 0. The Hall–Kier alpha value is -0.900. The Kier molecular flexibility index (Phi) is 2.78. The summed E-state index contributed by atoms with van der Waals surface area (Å²) in [4.78, 5) is 23.0. The summed E-state index contributed by atoms with van der Waals surface area (Å²) in [6.45, 7) is 3.90. The van der Waals surface area contributed by atoms with Gasteiger partial charge in [-0.15, -0.1) is 0 Å². The zero-order chi connectivity index (χ0) is 11.9. The molecule has 1 atom stereocenters. The molecule has 1 saturated carbocycles. The third-order valence-corrected chi connectivity index (χ3v) is 4.26. The lowest BCUT2D eigenvalue weighted by molar-refractivity contribution is -0.144. The number of hydrazine groups is 1. The van der Waals surface area contributed by atoms with E-state index in [0.717, 1.165) is 0 Å². The summed E-state index contributed by atoms with van der Waals surface area (Å²) in [6.07, 6.45) is 4.25. The SMILES string of the molecule is CC(=O)CN1C(=O)CC(C)(C2CCC2)N1C. The standard InChI is InChI=1S/C12H20N2O2/c1-9(15)8-14-11(16)7-12(2,13(14)3)10-5-4-6-10/h10H,4-8H2,1-3H3. The van der Waals surface area contributed by atoms with Crippen molar-refractivity contribution in [1.29, 1.82) is 0 Å². The first-order valence-electron chi connectivity index (χ1n) is 5.98. The minimum Gasteiger partial charge on any atom is -0.298 e. The van der Waals surface area contributed by atoms with Crippen LogP contribution in [0.3, 0.4) is 0 Å². The van der Waals surface area contributed by atoms with Crippen molar-refractivity contribution in [1.82, 2.24) is 10.0 Å². The molecule has 2 aliphatic rings. The summed E-state index contributed by atoms with van der Waals surface area (Å²) in [6, 6.07) is 0. The highest BCUT2D eigenvalue weighted by molar-refractivity contribution is 5.86. The minimum atomic E-state index is -0.0647. The van der Waals surface area contributed by atoms with Crippen molar-refractivity contribution in [2.75, 3.05) is 13.6 Å². The van der Waals surface area contributed by atoms with Gasteiger partial charge in [0.1, 0.15) is 0 Å². The van der Waals surface area contributed by atoms with Crippen LogP contribution in [0.1, 0.15) is 39.5 Å². The maximum Gasteiger partial charge on any atom is 0.239 e. The van der Waals surface area contributed by atoms with E-state index in [2.05, 4.69) is 6.92 Å². The smallest absolute Gasteiger partial charge is 0.239 e. The van der Waals surface area contributed by atoms with Crippen molar-refractivity contribution < 1.29 is 9.59 Å². The molecule has 1 unspecified atom stereocenters. The van der Waals surface area contributed by atoms with E-state index in [4.69, 9.17) is 0 Å². The summed E-state index contributed by atoms with van der Waals surface area (Å²) in [5.74, 6) is 0.739. The van der Waals surface area contributed by atoms with Crippen LogP contribution in [-0.4, -0.2) is 40.8 Å². The molecule has 0 N–H and O–H groups in total. The van der Waals surface area contributed by atoms with Gasteiger partial charge in [-0.25, -0.2) is 5.01 Å². The Balaban J connectivity index is 2.13. The molecule has 90 valence electrons. The fourth-order valence-electron chi connectivity index (χ4n) is 2.80. The van der Waals surface area contributed by atoms with Crippen molar-refractivity contribution >= 4 is 11.7 Å². The highest BCUT2D eigenvalue weighted by atomic mass is 16.2. The zero-order valence-corrected chi connectivity index (χ0v) is 10.3. The number of amides is 1. The Morgan fingerprint density at radius 3 is 2.56 bits per heavy atom. The first-order chi connectivity index (χ1) is 7.45. The van der Waals surface area contributed by atoms with E-state index in [9.17, 15) is 9.59 Å². The van der Waals surface area contributed by atoms with E-state index in [1.807, 2.05) is 12.1 Å². The Morgan fingerprint density at radius 2 is 2.12 bits per heavy atom. The van der Waals surface area contributed by atoms with Gasteiger partial charge in [0.05, 0.1) is 6.54 Å². The van der Waals surface area contributed by atoms with Crippen LogP contribution in [0.25, 0.3) is 0 Å². The lowest BCUT2D eigenvalue weighted by Gasteiger charge is -2.45. The van der Waals surface area contributed by atoms with E-state index in [0.29, 0.717) is 12.3 Å². The van der Waals surface area contributed by atoms with Gasteiger partial charge in [0, 0.05) is 19.0 Å². The second kappa shape index (κ2) is 3.84.